The predicted octanol–water partition coefficient (Wildman–Crippen LogP) is 4.43. The van der Waals surface area contributed by atoms with Crippen LogP contribution in [0.4, 0.5) is 0 Å². The maximum atomic E-state index is 13.1. The monoisotopic (exact) mass is 542 g/mol. The number of carbonyl (C=O) groups is 1. The Hall–Kier alpha value is -3.04. The lowest BCUT2D eigenvalue weighted by Gasteiger charge is -2.26. The van der Waals surface area contributed by atoms with Gasteiger partial charge in [-0.2, -0.15) is 0 Å². The van der Waals surface area contributed by atoms with Gasteiger partial charge in [-0.3, -0.25) is 0 Å². The van der Waals surface area contributed by atoms with E-state index in [1.165, 1.54) is 0 Å². The zero-order valence-corrected chi connectivity index (χ0v) is 19.3. The summed E-state index contributed by atoms with van der Waals surface area (Å²) in [6.45, 7) is 0.133. The third-order valence-electron chi connectivity index (χ3n) is 5.59. The summed E-state index contributed by atoms with van der Waals surface area (Å²) in [6.07, 6.45) is 0.328. The molecular weight excluding hydrogens is 523 g/mol. The normalized spacial score (nSPS) is 19.3. The van der Waals surface area contributed by atoms with Crippen LogP contribution in [0.3, 0.4) is 0 Å². The van der Waals surface area contributed by atoms with Gasteiger partial charge in [0.05, 0.1) is 12.7 Å². The third kappa shape index (κ3) is 3.61. The maximum Gasteiger partial charge on any atom is 0.342 e. The SMILES string of the molecule is COc1ccc(C2(O)OC(=O)C(c3ccc4c(c3)OCO4)=C2Cc2ccc(I)cc2)cc1. The number of rotatable bonds is 5. The molecule has 1 N–H and O–H groups in total. The van der Waals surface area contributed by atoms with Gasteiger partial charge in [0.15, 0.2) is 11.5 Å². The summed E-state index contributed by atoms with van der Waals surface area (Å²) in [4.78, 5) is 13.1. The Morgan fingerprint density at radius 3 is 2.44 bits per heavy atom. The lowest BCUT2D eigenvalue weighted by atomic mass is 9.88. The molecule has 1 atom stereocenters. The smallest absolute Gasteiger partial charge is 0.342 e. The molecule has 0 aromatic heterocycles. The Morgan fingerprint density at radius 2 is 1.72 bits per heavy atom. The van der Waals surface area contributed by atoms with E-state index in [1.54, 1.807) is 49.6 Å². The molecule has 0 bridgehead atoms. The molecule has 0 spiro atoms. The number of cyclic esters (lactones) is 1. The zero-order chi connectivity index (χ0) is 22.3. The first-order valence-electron chi connectivity index (χ1n) is 9.96. The van der Waals surface area contributed by atoms with Crippen molar-refractivity contribution in [3.05, 3.63) is 92.6 Å². The van der Waals surface area contributed by atoms with Crippen molar-refractivity contribution in [1.82, 2.24) is 0 Å². The van der Waals surface area contributed by atoms with Crippen molar-refractivity contribution in [3.8, 4) is 17.2 Å². The molecule has 7 heteroatoms. The van der Waals surface area contributed by atoms with Crippen LogP contribution in [-0.2, 0) is 21.7 Å². The lowest BCUT2D eigenvalue weighted by molar-refractivity contribution is -0.185. The summed E-state index contributed by atoms with van der Waals surface area (Å²) in [7, 11) is 1.57. The van der Waals surface area contributed by atoms with Gasteiger partial charge in [0.2, 0.25) is 6.79 Å². The number of hydrogen-bond donors (Lipinski definition) is 1. The average molecular weight is 542 g/mol. The van der Waals surface area contributed by atoms with Gasteiger partial charge in [-0.05, 0) is 82.2 Å². The highest BCUT2D eigenvalue weighted by Gasteiger charge is 2.48. The van der Waals surface area contributed by atoms with Crippen LogP contribution in [0.15, 0.2) is 72.3 Å². The summed E-state index contributed by atoms with van der Waals surface area (Å²) in [5.74, 6) is -0.692. The molecule has 0 saturated heterocycles. The summed E-state index contributed by atoms with van der Waals surface area (Å²) in [5.41, 5.74) is 2.78. The topological polar surface area (TPSA) is 74.2 Å². The molecule has 6 nitrogen and oxygen atoms in total. The maximum absolute atomic E-state index is 13.1. The molecule has 0 fully saturated rings. The van der Waals surface area contributed by atoms with Crippen molar-refractivity contribution in [2.24, 2.45) is 0 Å². The molecule has 2 heterocycles. The van der Waals surface area contributed by atoms with E-state index in [2.05, 4.69) is 22.6 Å². The quantitative estimate of drug-likeness (QED) is 0.380. The average Bonchev–Trinajstić information content (AvgIpc) is 3.37. The van der Waals surface area contributed by atoms with E-state index in [0.717, 1.165) is 9.13 Å². The van der Waals surface area contributed by atoms with Crippen molar-refractivity contribution in [1.29, 1.82) is 0 Å². The predicted molar refractivity (Wildman–Crippen MR) is 125 cm³/mol. The second-order valence-electron chi connectivity index (χ2n) is 7.49. The fraction of sp³-hybridized carbons (Fsp3) is 0.160. The van der Waals surface area contributed by atoms with Crippen molar-refractivity contribution in [3.63, 3.8) is 0 Å². The van der Waals surface area contributed by atoms with Crippen LogP contribution < -0.4 is 14.2 Å². The number of fused-ring (bicyclic) bond motifs is 1. The van der Waals surface area contributed by atoms with Crippen molar-refractivity contribution >= 4 is 34.1 Å². The number of methoxy groups -OCH3 is 1. The van der Waals surface area contributed by atoms with Gasteiger partial charge >= 0.3 is 5.97 Å². The molecule has 2 aliphatic rings. The molecule has 32 heavy (non-hydrogen) atoms. The molecule has 0 radical (unpaired) electrons. The zero-order valence-electron chi connectivity index (χ0n) is 17.1. The molecule has 0 aliphatic carbocycles. The fourth-order valence-corrected chi connectivity index (χ4v) is 4.31. The highest BCUT2D eigenvalue weighted by atomic mass is 127. The van der Waals surface area contributed by atoms with Gasteiger partial charge in [-0.25, -0.2) is 4.79 Å². The summed E-state index contributed by atoms with van der Waals surface area (Å²) in [5, 5.41) is 11.7. The first kappa shape index (κ1) is 20.8. The van der Waals surface area contributed by atoms with Crippen LogP contribution in [0.2, 0.25) is 0 Å². The largest absolute Gasteiger partial charge is 0.497 e. The van der Waals surface area contributed by atoms with E-state index >= 15 is 0 Å². The van der Waals surface area contributed by atoms with E-state index in [4.69, 9.17) is 18.9 Å². The molecular formula is C25H19IO6. The molecule has 1 unspecified atom stereocenters. The van der Waals surface area contributed by atoms with Crippen LogP contribution >= 0.6 is 22.6 Å². The summed E-state index contributed by atoms with van der Waals surface area (Å²) >= 11 is 2.24. The van der Waals surface area contributed by atoms with E-state index < -0.39 is 11.8 Å². The second kappa shape index (κ2) is 8.14. The van der Waals surface area contributed by atoms with Crippen molar-refractivity contribution in [2.75, 3.05) is 13.9 Å². The molecule has 3 aromatic rings. The van der Waals surface area contributed by atoms with E-state index in [1.807, 2.05) is 24.3 Å². The highest BCUT2D eigenvalue weighted by molar-refractivity contribution is 14.1. The first-order chi connectivity index (χ1) is 15.5. The Bertz CT molecular complexity index is 1220. The van der Waals surface area contributed by atoms with E-state index in [0.29, 0.717) is 45.9 Å². The van der Waals surface area contributed by atoms with E-state index in [-0.39, 0.29) is 6.79 Å². The fourth-order valence-electron chi connectivity index (χ4n) is 3.95. The Kier molecular flexibility index (Phi) is 5.30. The van der Waals surface area contributed by atoms with Crippen LogP contribution in [0.25, 0.3) is 5.57 Å². The number of hydrogen-bond acceptors (Lipinski definition) is 6. The van der Waals surface area contributed by atoms with Gasteiger partial charge in [0, 0.05) is 21.1 Å². The first-order valence-corrected chi connectivity index (χ1v) is 11.0. The molecule has 0 saturated carbocycles. The van der Waals surface area contributed by atoms with Crippen molar-refractivity contribution in [2.45, 2.75) is 12.2 Å². The molecule has 162 valence electrons. The van der Waals surface area contributed by atoms with E-state index in [9.17, 15) is 9.90 Å². The number of aliphatic hydroxyl groups is 1. The van der Waals surface area contributed by atoms with Crippen LogP contribution in [0, 0.1) is 3.57 Å². The summed E-state index contributed by atoms with van der Waals surface area (Å²) < 4.78 is 22.8. The second-order valence-corrected chi connectivity index (χ2v) is 8.73. The minimum atomic E-state index is -1.90. The number of ether oxygens (including phenoxy) is 4. The number of carbonyl (C=O) groups excluding carboxylic acids is 1. The minimum Gasteiger partial charge on any atom is -0.497 e. The molecule has 5 rings (SSSR count). The number of halogens is 1. The summed E-state index contributed by atoms with van der Waals surface area (Å²) in [6, 6.07) is 20.0. The van der Waals surface area contributed by atoms with Crippen LogP contribution in [0.5, 0.6) is 17.2 Å². The highest BCUT2D eigenvalue weighted by Crippen LogP contribution is 2.46. The minimum absolute atomic E-state index is 0.133. The molecule has 2 aliphatic heterocycles. The van der Waals surface area contributed by atoms with Crippen LogP contribution in [-0.4, -0.2) is 25.0 Å². The van der Waals surface area contributed by atoms with Gasteiger partial charge in [0.1, 0.15) is 5.75 Å². The number of esters is 1. The Labute approximate surface area is 198 Å². The van der Waals surface area contributed by atoms with Crippen molar-refractivity contribution < 1.29 is 28.8 Å². The standard InChI is InChI=1S/C25H19IO6/c1-29-19-9-5-17(6-10-19)25(28)20(12-15-2-7-18(26)8-3-15)23(24(27)32-25)16-4-11-21-22(13-16)31-14-30-21/h2-11,13,28H,12,14H2,1H3. The number of benzene rings is 3. The molecule has 0 amide bonds. The third-order valence-corrected chi connectivity index (χ3v) is 6.31. The molecule has 3 aromatic carbocycles. The Balaban J connectivity index is 1.66. The van der Waals surface area contributed by atoms with Gasteiger partial charge in [-0.1, -0.05) is 18.2 Å². The van der Waals surface area contributed by atoms with Gasteiger partial charge in [0.25, 0.3) is 5.79 Å². The Morgan fingerprint density at radius 1 is 1.00 bits per heavy atom. The lowest BCUT2D eigenvalue weighted by Crippen LogP contribution is -2.29. The van der Waals surface area contributed by atoms with Gasteiger partial charge < -0.3 is 24.1 Å². The van der Waals surface area contributed by atoms with Crippen LogP contribution in [0.1, 0.15) is 16.7 Å². The van der Waals surface area contributed by atoms with Gasteiger partial charge in [-0.15, -0.1) is 0 Å².